The summed E-state index contributed by atoms with van der Waals surface area (Å²) >= 11 is 0. The Morgan fingerprint density at radius 3 is 1.35 bits per heavy atom. The zero-order valence-electron chi connectivity index (χ0n) is 30.3. The molecule has 1 heteroatoms. The molecule has 0 amide bonds. The third kappa shape index (κ3) is 5.93. The minimum absolute atomic E-state index is 1.09. The predicted octanol–water partition coefficient (Wildman–Crippen LogP) is 15.3. The fraction of sp³-hybridized carbons (Fsp3) is 0. The van der Waals surface area contributed by atoms with Gasteiger partial charge in [0, 0.05) is 16.8 Å². The third-order valence-corrected chi connectivity index (χ3v) is 10.8. The molecular weight excluding hydrogens is 663 g/mol. The van der Waals surface area contributed by atoms with E-state index >= 15 is 0 Å². The summed E-state index contributed by atoms with van der Waals surface area (Å²) in [5.74, 6) is 0. The maximum absolute atomic E-state index is 2.50. The molecule has 10 aromatic carbocycles. The number of para-hydroxylation sites is 2. The SMILES string of the molecule is c1ccc(-c2cc(-c3ccccc3)cc(N(c3ccccc3-c3cccc4ccccc34)c3ccccc3-c3cc4ccccc4c4ccccc34)c2)cc1. The first-order valence-electron chi connectivity index (χ1n) is 18.9. The molecule has 0 aliphatic heterocycles. The van der Waals surface area contributed by atoms with Gasteiger partial charge >= 0.3 is 0 Å². The standard InChI is InChI=1S/C54H37N/c1-3-18-38(19-4-1)42-34-43(39-20-5-2-6-21-39)36-44(35-42)55(53-32-15-13-29-50(53)48-31-17-24-40-22-7-9-25-45(40)48)54-33-16-14-30-51(54)52-37-41-23-8-10-26-46(41)47-27-11-12-28-49(47)52/h1-37H. The topological polar surface area (TPSA) is 3.24 Å². The molecule has 0 radical (unpaired) electrons. The van der Waals surface area contributed by atoms with Gasteiger partial charge in [-0.1, -0.05) is 188 Å². The van der Waals surface area contributed by atoms with Crippen LogP contribution in [0.3, 0.4) is 0 Å². The summed E-state index contributed by atoms with van der Waals surface area (Å²) in [4.78, 5) is 2.50. The van der Waals surface area contributed by atoms with E-state index in [1.54, 1.807) is 0 Å². The lowest BCUT2D eigenvalue weighted by Gasteiger charge is -2.31. The number of rotatable bonds is 7. The molecule has 55 heavy (non-hydrogen) atoms. The van der Waals surface area contributed by atoms with Gasteiger partial charge < -0.3 is 4.90 Å². The van der Waals surface area contributed by atoms with E-state index in [0.717, 1.165) is 17.1 Å². The number of benzene rings is 10. The Hall–Kier alpha value is -7.22. The second-order valence-electron chi connectivity index (χ2n) is 14.1. The van der Waals surface area contributed by atoms with Crippen molar-refractivity contribution in [1.82, 2.24) is 0 Å². The molecule has 1 nitrogen and oxygen atoms in total. The molecule has 0 fully saturated rings. The molecule has 0 N–H and O–H groups in total. The lowest BCUT2D eigenvalue weighted by atomic mass is 9.91. The molecular formula is C54H37N. The fourth-order valence-electron chi connectivity index (χ4n) is 8.27. The van der Waals surface area contributed by atoms with E-state index in [9.17, 15) is 0 Å². The molecule has 0 bridgehead atoms. The lowest BCUT2D eigenvalue weighted by Crippen LogP contribution is -2.13. The molecule has 10 aromatic rings. The monoisotopic (exact) mass is 699 g/mol. The number of anilines is 3. The maximum atomic E-state index is 2.50. The molecule has 0 aliphatic carbocycles. The molecule has 10 rings (SSSR count). The number of fused-ring (bicyclic) bond motifs is 4. The van der Waals surface area contributed by atoms with Crippen molar-refractivity contribution in [3.05, 3.63) is 224 Å². The number of hydrogen-bond acceptors (Lipinski definition) is 1. The minimum Gasteiger partial charge on any atom is -0.309 e. The van der Waals surface area contributed by atoms with E-state index in [4.69, 9.17) is 0 Å². The van der Waals surface area contributed by atoms with Crippen LogP contribution in [0.5, 0.6) is 0 Å². The van der Waals surface area contributed by atoms with Crippen LogP contribution in [0.4, 0.5) is 17.1 Å². The Morgan fingerprint density at radius 1 is 0.236 bits per heavy atom. The van der Waals surface area contributed by atoms with Crippen LogP contribution in [-0.4, -0.2) is 0 Å². The predicted molar refractivity (Wildman–Crippen MR) is 235 cm³/mol. The maximum Gasteiger partial charge on any atom is 0.0540 e. The van der Waals surface area contributed by atoms with Crippen LogP contribution in [0.25, 0.3) is 76.8 Å². The smallest absolute Gasteiger partial charge is 0.0540 e. The summed E-state index contributed by atoms with van der Waals surface area (Å²) < 4.78 is 0. The molecule has 0 heterocycles. The second kappa shape index (κ2) is 14.0. The largest absolute Gasteiger partial charge is 0.309 e. The van der Waals surface area contributed by atoms with Crippen LogP contribution >= 0.6 is 0 Å². The quantitative estimate of drug-likeness (QED) is 0.150. The van der Waals surface area contributed by atoms with Crippen molar-refractivity contribution in [3.63, 3.8) is 0 Å². The Balaban J connectivity index is 1.30. The minimum atomic E-state index is 1.09. The summed E-state index contributed by atoms with van der Waals surface area (Å²) in [6.45, 7) is 0. The van der Waals surface area contributed by atoms with Crippen LogP contribution in [0, 0.1) is 0 Å². The van der Waals surface area contributed by atoms with Crippen LogP contribution in [0.1, 0.15) is 0 Å². The van der Waals surface area contributed by atoms with Crippen LogP contribution in [0.15, 0.2) is 224 Å². The van der Waals surface area contributed by atoms with Gasteiger partial charge in [-0.2, -0.15) is 0 Å². The third-order valence-electron chi connectivity index (χ3n) is 10.8. The van der Waals surface area contributed by atoms with Crippen LogP contribution in [0.2, 0.25) is 0 Å². The van der Waals surface area contributed by atoms with E-state index in [2.05, 4.69) is 229 Å². The molecule has 0 atom stereocenters. The van der Waals surface area contributed by atoms with Crippen LogP contribution < -0.4 is 4.90 Å². The number of nitrogens with zero attached hydrogens (tertiary/aromatic N) is 1. The van der Waals surface area contributed by atoms with E-state index in [-0.39, 0.29) is 0 Å². The second-order valence-corrected chi connectivity index (χ2v) is 14.1. The zero-order chi connectivity index (χ0) is 36.6. The van der Waals surface area contributed by atoms with Gasteiger partial charge in [-0.05, 0) is 102 Å². The Bertz CT molecular complexity index is 2920. The van der Waals surface area contributed by atoms with Gasteiger partial charge in [-0.25, -0.2) is 0 Å². The highest BCUT2D eigenvalue weighted by Crippen LogP contribution is 2.48. The Kier molecular flexibility index (Phi) is 8.24. The van der Waals surface area contributed by atoms with Crippen molar-refractivity contribution in [1.29, 1.82) is 0 Å². The van der Waals surface area contributed by atoms with E-state index < -0.39 is 0 Å². The van der Waals surface area contributed by atoms with Gasteiger partial charge in [0.15, 0.2) is 0 Å². The molecule has 0 aromatic heterocycles. The first-order valence-corrected chi connectivity index (χ1v) is 18.9. The average molecular weight is 700 g/mol. The number of hydrogen-bond donors (Lipinski definition) is 0. The fourth-order valence-corrected chi connectivity index (χ4v) is 8.27. The zero-order valence-corrected chi connectivity index (χ0v) is 30.3. The highest BCUT2D eigenvalue weighted by atomic mass is 15.1. The van der Waals surface area contributed by atoms with Crippen molar-refractivity contribution in [2.75, 3.05) is 4.90 Å². The molecule has 258 valence electrons. The van der Waals surface area contributed by atoms with Gasteiger partial charge in [-0.15, -0.1) is 0 Å². The summed E-state index contributed by atoms with van der Waals surface area (Å²) in [6, 6.07) is 81.7. The van der Waals surface area contributed by atoms with Gasteiger partial charge in [0.05, 0.1) is 11.4 Å². The molecule has 0 aliphatic rings. The van der Waals surface area contributed by atoms with Gasteiger partial charge in [0.2, 0.25) is 0 Å². The summed E-state index contributed by atoms with van der Waals surface area (Å²) in [7, 11) is 0. The molecule has 0 unspecified atom stereocenters. The highest BCUT2D eigenvalue weighted by molar-refractivity contribution is 6.15. The summed E-state index contributed by atoms with van der Waals surface area (Å²) in [6.07, 6.45) is 0. The van der Waals surface area contributed by atoms with Gasteiger partial charge in [0.25, 0.3) is 0 Å². The Labute approximate surface area is 322 Å². The van der Waals surface area contributed by atoms with E-state index in [1.165, 1.54) is 76.8 Å². The van der Waals surface area contributed by atoms with Crippen molar-refractivity contribution in [2.45, 2.75) is 0 Å². The van der Waals surface area contributed by atoms with Crippen LogP contribution in [-0.2, 0) is 0 Å². The lowest BCUT2D eigenvalue weighted by molar-refractivity contribution is 1.29. The summed E-state index contributed by atoms with van der Waals surface area (Å²) in [5.41, 5.74) is 12.7. The van der Waals surface area contributed by atoms with E-state index in [0.29, 0.717) is 0 Å². The van der Waals surface area contributed by atoms with Crippen molar-refractivity contribution in [2.24, 2.45) is 0 Å². The van der Waals surface area contributed by atoms with Crippen molar-refractivity contribution >= 4 is 49.4 Å². The highest BCUT2D eigenvalue weighted by Gasteiger charge is 2.23. The first kappa shape index (κ1) is 32.4. The van der Waals surface area contributed by atoms with E-state index in [1.807, 2.05) is 0 Å². The van der Waals surface area contributed by atoms with Crippen molar-refractivity contribution < 1.29 is 0 Å². The molecule has 0 spiro atoms. The molecule has 0 saturated carbocycles. The average Bonchev–Trinajstić information content (AvgIpc) is 3.27. The first-order chi connectivity index (χ1) is 27.3. The molecule has 0 saturated heterocycles. The normalized spacial score (nSPS) is 11.3. The van der Waals surface area contributed by atoms with Crippen molar-refractivity contribution in [3.8, 4) is 44.5 Å². The van der Waals surface area contributed by atoms with Gasteiger partial charge in [0.1, 0.15) is 0 Å². The van der Waals surface area contributed by atoms with Gasteiger partial charge in [-0.3, -0.25) is 0 Å². The summed E-state index contributed by atoms with van der Waals surface area (Å²) in [5, 5.41) is 7.44. The Morgan fingerprint density at radius 2 is 0.691 bits per heavy atom.